The number of rotatable bonds is 3. The van der Waals surface area contributed by atoms with Crippen LogP contribution >= 0.6 is 0 Å². The van der Waals surface area contributed by atoms with Crippen molar-refractivity contribution in [1.29, 1.82) is 5.41 Å². The Morgan fingerprint density at radius 2 is 1.96 bits per heavy atom. The van der Waals surface area contributed by atoms with Gasteiger partial charge in [-0.15, -0.1) is 0 Å². The van der Waals surface area contributed by atoms with E-state index in [2.05, 4.69) is 22.5 Å². The number of anilines is 1. The molecule has 0 unspecified atom stereocenters. The van der Waals surface area contributed by atoms with E-state index in [9.17, 15) is 4.79 Å². The number of hydrogen-bond donors (Lipinski definition) is 4. The smallest absolute Gasteiger partial charge is 0.325 e. The van der Waals surface area contributed by atoms with Crippen LogP contribution in [-0.2, 0) is 6.42 Å². The van der Waals surface area contributed by atoms with Crippen LogP contribution in [-0.4, -0.2) is 35.9 Å². The number of urea groups is 1. The molecule has 0 bridgehead atoms. The minimum absolute atomic E-state index is 0.0815. The Labute approximate surface area is 136 Å². The lowest BCUT2D eigenvalue weighted by Gasteiger charge is -2.15. The second-order valence-corrected chi connectivity index (χ2v) is 5.54. The Kier molecular flexibility index (Phi) is 5.96. The number of likely N-dealkylation sites (tertiary alicyclic amines) is 1. The first-order valence-corrected chi connectivity index (χ1v) is 7.93. The third-order valence-electron chi connectivity index (χ3n) is 3.62. The highest BCUT2D eigenvalue weighted by atomic mass is 16.2. The summed E-state index contributed by atoms with van der Waals surface area (Å²) in [7, 11) is 0. The molecule has 5 N–H and O–H groups in total. The highest BCUT2D eigenvalue weighted by Gasteiger charge is 2.15. The Bertz CT molecular complexity index is 575. The van der Waals surface area contributed by atoms with Crippen LogP contribution in [0.3, 0.4) is 0 Å². The Hall–Kier alpha value is -2.57. The van der Waals surface area contributed by atoms with Crippen molar-refractivity contribution in [3.8, 4) is 0 Å². The van der Waals surface area contributed by atoms with Gasteiger partial charge < -0.3 is 16.0 Å². The van der Waals surface area contributed by atoms with E-state index >= 15 is 0 Å². The van der Waals surface area contributed by atoms with Gasteiger partial charge in [-0.05, 0) is 37.0 Å². The molecular weight excluding hydrogens is 292 g/mol. The molecule has 124 valence electrons. The van der Waals surface area contributed by atoms with Crippen molar-refractivity contribution in [2.45, 2.75) is 32.6 Å². The lowest BCUT2D eigenvalue weighted by molar-refractivity contribution is 0.256. The highest BCUT2D eigenvalue weighted by Crippen LogP contribution is 2.11. The summed E-state index contributed by atoms with van der Waals surface area (Å²) < 4.78 is 0. The Balaban J connectivity index is 1.84. The molecule has 2 amide bonds. The summed E-state index contributed by atoms with van der Waals surface area (Å²) in [6.45, 7) is 3.75. The first-order valence-electron chi connectivity index (χ1n) is 7.93. The zero-order valence-electron chi connectivity index (χ0n) is 13.4. The number of carbonyl (C=O) groups excluding carboxylic acids is 1. The molecule has 1 saturated heterocycles. The Morgan fingerprint density at radius 3 is 2.57 bits per heavy atom. The third kappa shape index (κ3) is 5.28. The van der Waals surface area contributed by atoms with Gasteiger partial charge in [-0.25, -0.2) is 4.79 Å². The van der Waals surface area contributed by atoms with Gasteiger partial charge in [0.05, 0.1) is 0 Å². The molecule has 0 radical (unpaired) electrons. The lowest BCUT2D eigenvalue weighted by atomic mass is 10.1. The van der Waals surface area contributed by atoms with Crippen LogP contribution in [0.5, 0.6) is 0 Å². The van der Waals surface area contributed by atoms with Crippen LogP contribution in [0.1, 0.15) is 31.7 Å². The van der Waals surface area contributed by atoms with Crippen LogP contribution in [0.2, 0.25) is 0 Å². The zero-order valence-corrected chi connectivity index (χ0v) is 13.4. The minimum Gasteiger partial charge on any atom is -0.369 e. The molecule has 23 heavy (non-hydrogen) atoms. The van der Waals surface area contributed by atoms with Crippen molar-refractivity contribution in [2.75, 3.05) is 18.4 Å². The third-order valence-corrected chi connectivity index (χ3v) is 3.62. The van der Waals surface area contributed by atoms with E-state index in [1.54, 1.807) is 0 Å². The predicted molar refractivity (Wildman–Crippen MR) is 92.7 cm³/mol. The standard InChI is InChI=1S/C16H24N6O/c1-2-5-12-6-8-13(9-7-12)19-16(23)21-14(17)20-15(18)22-10-3-4-11-22/h6-9H,2-5,10-11H2,1H3,(H5,17,18,19,20,21,23). The van der Waals surface area contributed by atoms with Gasteiger partial charge in [0.25, 0.3) is 0 Å². The van der Waals surface area contributed by atoms with Gasteiger partial charge >= 0.3 is 6.03 Å². The van der Waals surface area contributed by atoms with E-state index in [1.807, 2.05) is 29.2 Å². The molecule has 7 nitrogen and oxygen atoms in total. The average molecular weight is 316 g/mol. The SMILES string of the molecule is CCCc1ccc(NC(=O)N/C(N)=N/C(=N)N2CCCC2)cc1. The van der Waals surface area contributed by atoms with Gasteiger partial charge in [0, 0.05) is 18.8 Å². The first-order chi connectivity index (χ1) is 11.1. The molecule has 0 aliphatic carbocycles. The van der Waals surface area contributed by atoms with Crippen molar-refractivity contribution in [3.63, 3.8) is 0 Å². The maximum atomic E-state index is 11.9. The monoisotopic (exact) mass is 316 g/mol. The second-order valence-electron chi connectivity index (χ2n) is 5.54. The van der Waals surface area contributed by atoms with Crippen molar-refractivity contribution in [1.82, 2.24) is 10.2 Å². The average Bonchev–Trinajstić information content (AvgIpc) is 3.03. The van der Waals surface area contributed by atoms with E-state index in [4.69, 9.17) is 11.1 Å². The van der Waals surface area contributed by atoms with Gasteiger partial charge in [-0.3, -0.25) is 10.7 Å². The molecule has 0 atom stereocenters. The largest absolute Gasteiger partial charge is 0.369 e. The molecule has 0 aromatic heterocycles. The number of nitrogens with two attached hydrogens (primary N) is 1. The number of carbonyl (C=O) groups is 1. The number of aryl methyl sites for hydroxylation is 1. The molecule has 1 aromatic rings. The van der Waals surface area contributed by atoms with E-state index in [0.717, 1.165) is 38.8 Å². The zero-order chi connectivity index (χ0) is 16.7. The number of amides is 2. The molecule has 1 aliphatic rings. The van der Waals surface area contributed by atoms with Crippen molar-refractivity contribution < 1.29 is 4.79 Å². The van der Waals surface area contributed by atoms with Crippen molar-refractivity contribution in [2.24, 2.45) is 10.7 Å². The molecule has 1 aromatic carbocycles. The predicted octanol–water partition coefficient (Wildman–Crippen LogP) is 2.11. The fraction of sp³-hybridized carbons (Fsp3) is 0.438. The van der Waals surface area contributed by atoms with E-state index in [1.165, 1.54) is 5.56 Å². The fourth-order valence-electron chi connectivity index (χ4n) is 2.46. The van der Waals surface area contributed by atoms with Crippen LogP contribution in [0.25, 0.3) is 0 Å². The summed E-state index contributed by atoms with van der Waals surface area (Å²) in [4.78, 5) is 17.6. The van der Waals surface area contributed by atoms with Crippen LogP contribution in [0, 0.1) is 5.41 Å². The fourth-order valence-corrected chi connectivity index (χ4v) is 2.46. The molecule has 1 fully saturated rings. The van der Waals surface area contributed by atoms with E-state index < -0.39 is 6.03 Å². The highest BCUT2D eigenvalue weighted by molar-refractivity contribution is 6.05. The summed E-state index contributed by atoms with van der Waals surface area (Å²) in [5.41, 5.74) is 7.59. The maximum Gasteiger partial charge on any atom is 0.325 e. The maximum absolute atomic E-state index is 11.9. The summed E-state index contributed by atoms with van der Waals surface area (Å²) in [5, 5.41) is 13.0. The number of nitrogens with zero attached hydrogens (tertiary/aromatic N) is 2. The van der Waals surface area contributed by atoms with E-state index in [0.29, 0.717) is 5.69 Å². The lowest BCUT2D eigenvalue weighted by Crippen LogP contribution is -2.41. The van der Waals surface area contributed by atoms with Gasteiger partial charge in [0.2, 0.25) is 11.9 Å². The number of benzene rings is 1. The molecule has 0 spiro atoms. The van der Waals surface area contributed by atoms with Crippen molar-refractivity contribution in [3.05, 3.63) is 29.8 Å². The van der Waals surface area contributed by atoms with Gasteiger partial charge in [0.15, 0.2) is 0 Å². The van der Waals surface area contributed by atoms with Crippen LogP contribution in [0.4, 0.5) is 10.5 Å². The number of hydrogen-bond acceptors (Lipinski definition) is 2. The summed E-state index contributed by atoms with van der Waals surface area (Å²) in [6, 6.07) is 7.21. The van der Waals surface area contributed by atoms with Crippen molar-refractivity contribution >= 4 is 23.6 Å². The van der Waals surface area contributed by atoms with Gasteiger partial charge in [-0.1, -0.05) is 25.5 Å². The molecule has 1 aliphatic heterocycles. The molecule has 2 rings (SSSR count). The number of nitrogens with one attached hydrogen (secondary N) is 3. The van der Waals surface area contributed by atoms with Crippen LogP contribution in [0.15, 0.2) is 29.3 Å². The molecule has 0 saturated carbocycles. The minimum atomic E-state index is -0.469. The summed E-state index contributed by atoms with van der Waals surface area (Å²) in [5.74, 6) is 0.00576. The van der Waals surface area contributed by atoms with Gasteiger partial charge in [0.1, 0.15) is 0 Å². The molecule has 1 heterocycles. The topological polar surface area (TPSA) is 107 Å². The normalized spacial score (nSPS) is 14.7. The van der Waals surface area contributed by atoms with E-state index in [-0.39, 0.29) is 11.9 Å². The van der Waals surface area contributed by atoms with Gasteiger partial charge in [-0.2, -0.15) is 4.99 Å². The molecular formula is C16H24N6O. The first kappa shape index (κ1) is 16.8. The quantitative estimate of drug-likeness (QED) is 0.507. The van der Waals surface area contributed by atoms with Crippen LogP contribution < -0.4 is 16.4 Å². The summed E-state index contributed by atoms with van der Waals surface area (Å²) >= 11 is 0. The number of guanidine groups is 2. The molecule has 7 heteroatoms. The number of aliphatic imine (C=N–C) groups is 1. The Morgan fingerprint density at radius 1 is 1.30 bits per heavy atom. The summed E-state index contributed by atoms with van der Waals surface area (Å²) in [6.07, 6.45) is 4.22. The second kappa shape index (κ2) is 8.17.